The standard InChI is InChI=1S/C18H25NO2/c1-2-15-7-9-16(10-8-15)11-12-18(21)19-13-5-3-4-6-17(19)14-20/h7-12,17,20H,2-6,13-14H2,1H3/b12-11+. The van der Waals surface area contributed by atoms with Crippen molar-refractivity contribution in [3.63, 3.8) is 0 Å². The SMILES string of the molecule is CCc1ccc(/C=C/C(=O)N2CCCCCC2CO)cc1. The molecule has 1 amide bonds. The molecule has 0 bridgehead atoms. The zero-order valence-corrected chi connectivity index (χ0v) is 12.8. The number of aliphatic hydroxyl groups excluding tert-OH is 1. The van der Waals surface area contributed by atoms with E-state index >= 15 is 0 Å². The zero-order valence-electron chi connectivity index (χ0n) is 12.8. The van der Waals surface area contributed by atoms with Crippen molar-refractivity contribution >= 4 is 12.0 Å². The molecule has 1 heterocycles. The minimum atomic E-state index is -0.0212. The lowest BCUT2D eigenvalue weighted by atomic mass is 10.1. The highest BCUT2D eigenvalue weighted by molar-refractivity contribution is 5.92. The van der Waals surface area contributed by atoms with E-state index in [0.717, 1.165) is 44.2 Å². The van der Waals surface area contributed by atoms with E-state index < -0.39 is 0 Å². The van der Waals surface area contributed by atoms with Crippen LogP contribution in [0.1, 0.15) is 43.7 Å². The van der Waals surface area contributed by atoms with Crippen LogP contribution in [-0.2, 0) is 11.2 Å². The summed E-state index contributed by atoms with van der Waals surface area (Å²) in [7, 11) is 0. The Morgan fingerprint density at radius 2 is 2.05 bits per heavy atom. The van der Waals surface area contributed by atoms with Gasteiger partial charge in [0.25, 0.3) is 0 Å². The predicted molar refractivity (Wildman–Crippen MR) is 85.9 cm³/mol. The summed E-state index contributed by atoms with van der Waals surface area (Å²) in [6, 6.07) is 8.23. The monoisotopic (exact) mass is 287 g/mol. The minimum absolute atomic E-state index is 0.00974. The molecule has 1 saturated heterocycles. The van der Waals surface area contributed by atoms with Crippen molar-refractivity contribution < 1.29 is 9.90 Å². The fourth-order valence-electron chi connectivity index (χ4n) is 2.78. The smallest absolute Gasteiger partial charge is 0.246 e. The summed E-state index contributed by atoms with van der Waals surface area (Å²) in [5.74, 6) is 0.00974. The van der Waals surface area contributed by atoms with Gasteiger partial charge in [-0.3, -0.25) is 4.79 Å². The lowest BCUT2D eigenvalue weighted by molar-refractivity contribution is -0.129. The van der Waals surface area contributed by atoms with Crippen LogP contribution in [0.5, 0.6) is 0 Å². The maximum atomic E-state index is 12.3. The molecule has 0 aromatic heterocycles. The van der Waals surface area contributed by atoms with Gasteiger partial charge >= 0.3 is 0 Å². The van der Waals surface area contributed by atoms with Crippen molar-refractivity contribution in [1.82, 2.24) is 4.90 Å². The zero-order chi connectivity index (χ0) is 15.1. The number of hydrogen-bond donors (Lipinski definition) is 1. The summed E-state index contributed by atoms with van der Waals surface area (Å²) in [6.45, 7) is 2.94. The Kier molecular flexibility index (Phi) is 6.00. The van der Waals surface area contributed by atoms with Crippen LogP contribution >= 0.6 is 0 Å². The summed E-state index contributed by atoms with van der Waals surface area (Å²) in [4.78, 5) is 14.2. The Labute approximate surface area is 127 Å². The molecule has 1 fully saturated rings. The number of aryl methyl sites for hydroxylation is 1. The molecule has 114 valence electrons. The Hall–Kier alpha value is -1.61. The molecule has 0 radical (unpaired) electrons. The number of rotatable bonds is 4. The lowest BCUT2D eigenvalue weighted by Crippen LogP contribution is -2.41. The number of carbonyl (C=O) groups excluding carboxylic acids is 1. The van der Waals surface area contributed by atoms with Gasteiger partial charge in [0.2, 0.25) is 5.91 Å². The molecular weight excluding hydrogens is 262 g/mol. The van der Waals surface area contributed by atoms with Crippen LogP contribution in [-0.4, -0.2) is 35.1 Å². The van der Waals surface area contributed by atoms with E-state index in [2.05, 4.69) is 19.1 Å². The summed E-state index contributed by atoms with van der Waals surface area (Å²) in [6.07, 6.45) is 8.69. The molecule has 1 N–H and O–H groups in total. The summed E-state index contributed by atoms with van der Waals surface area (Å²) in [5, 5.41) is 9.46. The van der Waals surface area contributed by atoms with Crippen molar-refractivity contribution in [2.24, 2.45) is 0 Å². The second-order valence-corrected chi connectivity index (χ2v) is 5.65. The molecular formula is C18H25NO2. The molecule has 0 spiro atoms. The van der Waals surface area contributed by atoms with Crippen LogP contribution < -0.4 is 0 Å². The summed E-state index contributed by atoms with van der Waals surface area (Å²) < 4.78 is 0. The number of aliphatic hydroxyl groups is 1. The van der Waals surface area contributed by atoms with Gasteiger partial charge in [0.1, 0.15) is 0 Å². The van der Waals surface area contributed by atoms with Gasteiger partial charge in [-0.15, -0.1) is 0 Å². The number of amides is 1. The van der Waals surface area contributed by atoms with Gasteiger partial charge in [-0.2, -0.15) is 0 Å². The Morgan fingerprint density at radius 3 is 2.71 bits per heavy atom. The third-order valence-electron chi connectivity index (χ3n) is 4.18. The molecule has 1 aromatic carbocycles. The van der Waals surface area contributed by atoms with Crippen LogP contribution in [0.15, 0.2) is 30.3 Å². The first-order valence-electron chi connectivity index (χ1n) is 7.93. The van der Waals surface area contributed by atoms with Gasteiger partial charge in [-0.25, -0.2) is 0 Å². The van der Waals surface area contributed by atoms with E-state index in [9.17, 15) is 9.90 Å². The van der Waals surface area contributed by atoms with Crippen molar-refractivity contribution in [2.45, 2.75) is 45.1 Å². The molecule has 21 heavy (non-hydrogen) atoms. The van der Waals surface area contributed by atoms with Crippen LogP contribution in [0.3, 0.4) is 0 Å². The van der Waals surface area contributed by atoms with Gasteiger partial charge in [0.15, 0.2) is 0 Å². The topological polar surface area (TPSA) is 40.5 Å². The quantitative estimate of drug-likeness (QED) is 0.865. The van der Waals surface area contributed by atoms with Gasteiger partial charge < -0.3 is 10.0 Å². The average molecular weight is 287 g/mol. The van der Waals surface area contributed by atoms with E-state index in [1.54, 1.807) is 6.08 Å². The third-order valence-corrected chi connectivity index (χ3v) is 4.18. The largest absolute Gasteiger partial charge is 0.394 e. The molecule has 1 aliphatic rings. The Balaban J connectivity index is 2.02. The van der Waals surface area contributed by atoms with E-state index in [4.69, 9.17) is 0 Å². The molecule has 0 aliphatic carbocycles. The number of nitrogens with zero attached hydrogens (tertiary/aromatic N) is 1. The van der Waals surface area contributed by atoms with Crippen molar-refractivity contribution in [1.29, 1.82) is 0 Å². The number of benzene rings is 1. The van der Waals surface area contributed by atoms with E-state index in [1.165, 1.54) is 5.56 Å². The van der Waals surface area contributed by atoms with Gasteiger partial charge in [0.05, 0.1) is 12.6 Å². The lowest BCUT2D eigenvalue weighted by Gasteiger charge is -2.27. The van der Waals surface area contributed by atoms with Gasteiger partial charge in [-0.1, -0.05) is 44.0 Å². The number of hydrogen-bond acceptors (Lipinski definition) is 2. The van der Waals surface area contributed by atoms with Gasteiger partial charge in [-0.05, 0) is 36.5 Å². The maximum Gasteiger partial charge on any atom is 0.246 e. The molecule has 2 rings (SSSR count). The first-order chi connectivity index (χ1) is 10.2. The second kappa shape index (κ2) is 7.99. The summed E-state index contributed by atoms with van der Waals surface area (Å²) >= 11 is 0. The van der Waals surface area contributed by atoms with Crippen LogP contribution in [0, 0.1) is 0 Å². The van der Waals surface area contributed by atoms with Crippen LogP contribution in [0.25, 0.3) is 6.08 Å². The highest BCUT2D eigenvalue weighted by Gasteiger charge is 2.22. The van der Waals surface area contributed by atoms with Crippen molar-refractivity contribution in [2.75, 3.05) is 13.2 Å². The molecule has 3 heteroatoms. The highest BCUT2D eigenvalue weighted by Crippen LogP contribution is 2.17. The van der Waals surface area contributed by atoms with Gasteiger partial charge in [0, 0.05) is 12.6 Å². The molecule has 1 atom stereocenters. The molecule has 1 aliphatic heterocycles. The fourth-order valence-corrected chi connectivity index (χ4v) is 2.78. The maximum absolute atomic E-state index is 12.3. The highest BCUT2D eigenvalue weighted by atomic mass is 16.3. The van der Waals surface area contributed by atoms with Crippen molar-refractivity contribution in [3.05, 3.63) is 41.5 Å². The van der Waals surface area contributed by atoms with E-state index in [-0.39, 0.29) is 18.6 Å². The van der Waals surface area contributed by atoms with Crippen LogP contribution in [0.2, 0.25) is 0 Å². The fraction of sp³-hybridized carbons (Fsp3) is 0.500. The summed E-state index contributed by atoms with van der Waals surface area (Å²) in [5.41, 5.74) is 2.34. The normalized spacial score (nSPS) is 19.7. The molecule has 3 nitrogen and oxygen atoms in total. The van der Waals surface area contributed by atoms with E-state index in [0.29, 0.717) is 0 Å². The average Bonchev–Trinajstić information content (AvgIpc) is 2.78. The molecule has 1 aromatic rings. The molecule has 1 unspecified atom stereocenters. The third kappa shape index (κ3) is 4.43. The van der Waals surface area contributed by atoms with Crippen molar-refractivity contribution in [3.8, 4) is 0 Å². The first kappa shape index (κ1) is 15.8. The molecule has 0 saturated carbocycles. The second-order valence-electron chi connectivity index (χ2n) is 5.65. The number of carbonyl (C=O) groups is 1. The Morgan fingerprint density at radius 1 is 1.29 bits per heavy atom. The number of likely N-dealkylation sites (tertiary alicyclic amines) is 1. The predicted octanol–water partition coefficient (Wildman–Crippen LogP) is 3.03. The first-order valence-corrected chi connectivity index (χ1v) is 7.93. The van der Waals surface area contributed by atoms with Crippen LogP contribution in [0.4, 0.5) is 0 Å². The minimum Gasteiger partial charge on any atom is -0.394 e. The Bertz CT molecular complexity index is 478. The van der Waals surface area contributed by atoms with E-state index in [1.807, 2.05) is 23.1 Å².